The number of hydrogen-bond acceptors (Lipinski definition) is 2. The molecule has 3 rings (SSSR count). The molecule has 0 unspecified atom stereocenters. The van der Waals surface area contributed by atoms with E-state index in [-0.39, 0.29) is 11.7 Å². The maximum absolute atomic E-state index is 12.9. The third kappa shape index (κ3) is 3.71. The first-order valence-electron chi connectivity index (χ1n) is 7.06. The number of nitrogens with zero attached hydrogens (tertiary/aromatic N) is 1. The highest BCUT2D eigenvalue weighted by atomic mass is 19.1. The second-order valence-electron chi connectivity index (χ2n) is 4.90. The van der Waals surface area contributed by atoms with Crippen molar-refractivity contribution in [1.82, 2.24) is 10.2 Å². The number of benzene rings is 2. The molecule has 4 nitrogen and oxygen atoms in total. The Morgan fingerprint density at radius 2 is 1.83 bits per heavy atom. The molecule has 23 heavy (non-hydrogen) atoms. The molecule has 0 bridgehead atoms. The molecule has 1 aromatic heterocycles. The Kier molecular flexibility index (Phi) is 4.29. The maximum Gasteiger partial charge on any atom is 0.273 e. The number of halogens is 1. The number of carbonyl (C=O) groups excluding carboxylic acids is 1. The van der Waals surface area contributed by atoms with Crippen LogP contribution in [-0.4, -0.2) is 16.1 Å². The summed E-state index contributed by atoms with van der Waals surface area (Å²) in [5, 5.41) is 9.22. The zero-order valence-corrected chi connectivity index (χ0v) is 12.2. The van der Waals surface area contributed by atoms with Crippen LogP contribution in [0.5, 0.6) is 0 Å². The van der Waals surface area contributed by atoms with Crippen molar-refractivity contribution in [3.8, 4) is 0 Å². The van der Waals surface area contributed by atoms with Crippen LogP contribution in [0.1, 0.15) is 21.6 Å². The van der Waals surface area contributed by atoms with Gasteiger partial charge in [-0.15, -0.1) is 0 Å². The molecule has 2 aromatic carbocycles. The predicted octanol–water partition coefficient (Wildman–Crippen LogP) is 3.97. The number of rotatable bonds is 4. The fourth-order valence-corrected chi connectivity index (χ4v) is 2.09. The Morgan fingerprint density at radius 3 is 2.57 bits per heavy atom. The van der Waals surface area contributed by atoms with E-state index in [0.717, 1.165) is 11.1 Å². The zero-order chi connectivity index (χ0) is 16.1. The van der Waals surface area contributed by atoms with E-state index in [0.29, 0.717) is 11.4 Å². The van der Waals surface area contributed by atoms with Gasteiger partial charge in [0.2, 0.25) is 0 Å². The van der Waals surface area contributed by atoms with Crippen molar-refractivity contribution in [1.29, 1.82) is 0 Å². The first kappa shape index (κ1) is 14.7. The minimum atomic E-state index is -0.269. The lowest BCUT2D eigenvalue weighted by atomic mass is 10.1. The minimum Gasteiger partial charge on any atom is -0.320 e. The molecule has 0 aliphatic rings. The van der Waals surface area contributed by atoms with Gasteiger partial charge in [0.25, 0.3) is 5.91 Å². The molecule has 0 saturated heterocycles. The van der Waals surface area contributed by atoms with Crippen LogP contribution in [-0.2, 0) is 0 Å². The Hall–Kier alpha value is -3.21. The Bertz CT molecular complexity index is 824. The van der Waals surface area contributed by atoms with Crippen molar-refractivity contribution in [3.05, 3.63) is 83.4 Å². The van der Waals surface area contributed by atoms with Crippen molar-refractivity contribution >= 4 is 23.7 Å². The van der Waals surface area contributed by atoms with Crippen molar-refractivity contribution < 1.29 is 9.18 Å². The van der Waals surface area contributed by atoms with Gasteiger partial charge in [0, 0.05) is 11.9 Å². The molecule has 0 radical (unpaired) electrons. The summed E-state index contributed by atoms with van der Waals surface area (Å²) in [5.41, 5.74) is 2.80. The summed E-state index contributed by atoms with van der Waals surface area (Å²) in [6, 6.07) is 15.2. The highest BCUT2D eigenvalue weighted by molar-refractivity contribution is 6.04. The quantitative estimate of drug-likeness (QED) is 0.716. The predicted molar refractivity (Wildman–Crippen MR) is 88.3 cm³/mol. The first-order chi connectivity index (χ1) is 11.2. The van der Waals surface area contributed by atoms with E-state index in [2.05, 4.69) is 15.5 Å². The van der Waals surface area contributed by atoms with Gasteiger partial charge in [0.15, 0.2) is 0 Å². The third-order valence-corrected chi connectivity index (χ3v) is 3.28. The number of aromatic nitrogens is 2. The summed E-state index contributed by atoms with van der Waals surface area (Å²) >= 11 is 0. The molecule has 1 heterocycles. The average molecular weight is 307 g/mol. The molecule has 5 heteroatoms. The van der Waals surface area contributed by atoms with Crippen LogP contribution >= 0.6 is 0 Å². The summed E-state index contributed by atoms with van der Waals surface area (Å²) in [4.78, 5) is 12.1. The van der Waals surface area contributed by atoms with Crippen molar-refractivity contribution in [3.63, 3.8) is 0 Å². The van der Waals surface area contributed by atoms with Gasteiger partial charge < -0.3 is 5.32 Å². The third-order valence-electron chi connectivity index (χ3n) is 3.28. The van der Waals surface area contributed by atoms with E-state index in [1.165, 1.54) is 18.3 Å². The standard InChI is InChI=1S/C18H14FN3O/c19-15-9-6-13(7-10-15)5-8-14-3-1-2-4-16(14)21-18(23)17-11-12-20-22-17/h1-12H,(H,20,22)(H,21,23)/b8-5+. The Balaban J connectivity index is 1.80. The second-order valence-corrected chi connectivity index (χ2v) is 4.90. The van der Waals surface area contributed by atoms with Crippen LogP contribution in [0.4, 0.5) is 10.1 Å². The topological polar surface area (TPSA) is 57.8 Å². The molecule has 0 saturated carbocycles. The van der Waals surface area contributed by atoms with Gasteiger partial charge >= 0.3 is 0 Å². The van der Waals surface area contributed by atoms with E-state index >= 15 is 0 Å². The summed E-state index contributed by atoms with van der Waals surface area (Å²) in [5.74, 6) is -0.528. The Labute approximate surface area is 132 Å². The smallest absolute Gasteiger partial charge is 0.273 e. The van der Waals surface area contributed by atoms with Crippen LogP contribution in [0.2, 0.25) is 0 Å². The van der Waals surface area contributed by atoms with Crippen LogP contribution in [0, 0.1) is 5.82 Å². The van der Waals surface area contributed by atoms with E-state index in [1.807, 2.05) is 36.4 Å². The molecule has 0 fully saturated rings. The first-order valence-corrected chi connectivity index (χ1v) is 7.06. The zero-order valence-electron chi connectivity index (χ0n) is 12.2. The van der Waals surface area contributed by atoms with E-state index in [9.17, 15) is 9.18 Å². The number of anilines is 1. The molecule has 0 aliphatic heterocycles. The lowest BCUT2D eigenvalue weighted by molar-refractivity contribution is 0.102. The summed E-state index contributed by atoms with van der Waals surface area (Å²) < 4.78 is 12.9. The molecular weight excluding hydrogens is 293 g/mol. The normalized spacial score (nSPS) is 10.8. The van der Waals surface area contributed by atoms with Gasteiger partial charge in [0.05, 0.1) is 0 Å². The number of aromatic amines is 1. The molecule has 2 N–H and O–H groups in total. The van der Waals surface area contributed by atoms with Gasteiger partial charge in [-0.3, -0.25) is 9.89 Å². The van der Waals surface area contributed by atoms with Crippen molar-refractivity contribution in [2.24, 2.45) is 0 Å². The van der Waals surface area contributed by atoms with Crippen molar-refractivity contribution in [2.45, 2.75) is 0 Å². The highest BCUT2D eigenvalue weighted by Gasteiger charge is 2.08. The van der Waals surface area contributed by atoms with E-state index < -0.39 is 0 Å². The number of para-hydroxylation sites is 1. The number of H-pyrrole nitrogens is 1. The maximum atomic E-state index is 12.9. The molecule has 3 aromatic rings. The second kappa shape index (κ2) is 6.70. The monoisotopic (exact) mass is 307 g/mol. The van der Waals surface area contributed by atoms with Crippen LogP contribution in [0.25, 0.3) is 12.2 Å². The number of nitrogens with one attached hydrogen (secondary N) is 2. The van der Waals surface area contributed by atoms with Crippen LogP contribution in [0.3, 0.4) is 0 Å². The van der Waals surface area contributed by atoms with Crippen LogP contribution in [0.15, 0.2) is 60.8 Å². The van der Waals surface area contributed by atoms with Gasteiger partial charge in [-0.05, 0) is 35.4 Å². The lowest BCUT2D eigenvalue weighted by Gasteiger charge is -2.07. The molecular formula is C18H14FN3O. The van der Waals surface area contributed by atoms with Gasteiger partial charge in [-0.2, -0.15) is 5.10 Å². The number of hydrogen-bond donors (Lipinski definition) is 2. The average Bonchev–Trinajstić information content (AvgIpc) is 3.10. The van der Waals surface area contributed by atoms with Crippen LogP contribution < -0.4 is 5.32 Å². The Morgan fingerprint density at radius 1 is 1.04 bits per heavy atom. The summed E-state index contributed by atoms with van der Waals surface area (Å²) in [6.07, 6.45) is 5.26. The molecule has 114 valence electrons. The summed E-state index contributed by atoms with van der Waals surface area (Å²) in [6.45, 7) is 0. The van der Waals surface area contributed by atoms with Gasteiger partial charge in [-0.25, -0.2) is 4.39 Å². The van der Waals surface area contributed by atoms with E-state index in [1.54, 1.807) is 18.2 Å². The highest BCUT2D eigenvalue weighted by Crippen LogP contribution is 2.19. The largest absolute Gasteiger partial charge is 0.320 e. The SMILES string of the molecule is O=C(Nc1ccccc1/C=C/c1ccc(F)cc1)c1ccn[nH]1. The number of amides is 1. The molecule has 0 spiro atoms. The summed E-state index contributed by atoms with van der Waals surface area (Å²) in [7, 11) is 0. The lowest BCUT2D eigenvalue weighted by Crippen LogP contribution is -2.13. The fraction of sp³-hybridized carbons (Fsp3) is 0. The fourth-order valence-electron chi connectivity index (χ4n) is 2.09. The van der Waals surface area contributed by atoms with Gasteiger partial charge in [-0.1, -0.05) is 42.5 Å². The minimum absolute atomic E-state index is 0.259. The number of carbonyl (C=O) groups is 1. The molecule has 0 aliphatic carbocycles. The molecule has 0 atom stereocenters. The van der Waals surface area contributed by atoms with Gasteiger partial charge in [0.1, 0.15) is 11.5 Å². The molecule has 1 amide bonds. The van der Waals surface area contributed by atoms with E-state index in [4.69, 9.17) is 0 Å². The van der Waals surface area contributed by atoms with Crippen molar-refractivity contribution in [2.75, 3.05) is 5.32 Å².